The maximum absolute atomic E-state index is 5.29. The molecule has 66 valence electrons. The molecule has 2 atom stereocenters. The Balaban J connectivity index is 3.57. The minimum atomic E-state index is 0.377. The summed E-state index contributed by atoms with van der Waals surface area (Å²) in [6, 6.07) is 0. The van der Waals surface area contributed by atoms with Crippen LogP contribution in [-0.2, 0) is 4.74 Å². The van der Waals surface area contributed by atoms with E-state index in [1.54, 1.807) is 7.11 Å². The Bertz CT molecular complexity index is 99.0. The zero-order chi connectivity index (χ0) is 8.69. The third-order valence-corrected chi connectivity index (χ3v) is 2.13. The lowest BCUT2D eigenvalue weighted by Gasteiger charge is -2.16. The average molecular weight is 156 g/mol. The van der Waals surface area contributed by atoms with Crippen LogP contribution in [0.25, 0.3) is 0 Å². The molecule has 1 heteroatoms. The maximum atomic E-state index is 5.29. The van der Waals surface area contributed by atoms with Crippen molar-refractivity contribution in [1.82, 2.24) is 0 Å². The molecule has 0 aliphatic rings. The van der Waals surface area contributed by atoms with Crippen LogP contribution in [0.2, 0.25) is 0 Å². The SMILES string of the molecule is C=CCC(CC(C)CC)OC. The van der Waals surface area contributed by atoms with Gasteiger partial charge in [-0.15, -0.1) is 6.58 Å². The molecular weight excluding hydrogens is 136 g/mol. The van der Waals surface area contributed by atoms with Crippen molar-refractivity contribution >= 4 is 0 Å². The zero-order valence-corrected chi connectivity index (χ0v) is 7.97. The van der Waals surface area contributed by atoms with E-state index in [1.165, 1.54) is 6.42 Å². The summed E-state index contributed by atoms with van der Waals surface area (Å²) in [7, 11) is 1.77. The lowest BCUT2D eigenvalue weighted by atomic mass is 9.99. The van der Waals surface area contributed by atoms with Gasteiger partial charge in [-0.2, -0.15) is 0 Å². The van der Waals surface area contributed by atoms with Crippen molar-refractivity contribution in [1.29, 1.82) is 0 Å². The molecule has 0 aromatic heterocycles. The molecule has 11 heavy (non-hydrogen) atoms. The second kappa shape index (κ2) is 6.41. The molecule has 0 spiro atoms. The lowest BCUT2D eigenvalue weighted by Crippen LogP contribution is -2.13. The molecule has 2 unspecified atom stereocenters. The Morgan fingerprint density at radius 3 is 2.55 bits per heavy atom. The fourth-order valence-electron chi connectivity index (χ4n) is 1.09. The van der Waals surface area contributed by atoms with E-state index in [1.807, 2.05) is 6.08 Å². The van der Waals surface area contributed by atoms with Gasteiger partial charge in [0.05, 0.1) is 6.10 Å². The number of ether oxygens (including phenoxy) is 1. The maximum Gasteiger partial charge on any atom is 0.0608 e. The molecule has 1 nitrogen and oxygen atoms in total. The van der Waals surface area contributed by atoms with Crippen LogP contribution in [0.15, 0.2) is 12.7 Å². The summed E-state index contributed by atoms with van der Waals surface area (Å²) in [5.74, 6) is 0.764. The van der Waals surface area contributed by atoms with Gasteiger partial charge in [-0.1, -0.05) is 26.3 Å². The summed E-state index contributed by atoms with van der Waals surface area (Å²) >= 11 is 0. The zero-order valence-electron chi connectivity index (χ0n) is 7.97. The quantitative estimate of drug-likeness (QED) is 0.537. The van der Waals surface area contributed by atoms with Gasteiger partial charge in [-0.25, -0.2) is 0 Å². The van der Waals surface area contributed by atoms with Crippen molar-refractivity contribution in [2.24, 2.45) is 5.92 Å². The molecule has 0 rings (SSSR count). The summed E-state index contributed by atoms with van der Waals surface area (Å²) in [4.78, 5) is 0. The Labute approximate surface area is 70.4 Å². The second-order valence-corrected chi connectivity index (χ2v) is 3.13. The van der Waals surface area contributed by atoms with Gasteiger partial charge in [0.1, 0.15) is 0 Å². The molecule has 0 saturated carbocycles. The summed E-state index contributed by atoms with van der Waals surface area (Å²) in [5, 5.41) is 0. The first-order chi connectivity index (χ1) is 5.24. The highest BCUT2D eigenvalue weighted by atomic mass is 16.5. The van der Waals surface area contributed by atoms with Gasteiger partial charge in [-0.05, 0) is 18.8 Å². The van der Waals surface area contributed by atoms with Crippen molar-refractivity contribution < 1.29 is 4.74 Å². The monoisotopic (exact) mass is 156 g/mol. The number of rotatable bonds is 6. The van der Waals surface area contributed by atoms with Gasteiger partial charge in [-0.3, -0.25) is 0 Å². The van der Waals surface area contributed by atoms with E-state index in [-0.39, 0.29) is 0 Å². The van der Waals surface area contributed by atoms with E-state index in [4.69, 9.17) is 4.74 Å². The van der Waals surface area contributed by atoms with Crippen molar-refractivity contribution in [2.45, 2.75) is 39.2 Å². The van der Waals surface area contributed by atoms with Gasteiger partial charge in [0, 0.05) is 7.11 Å². The minimum Gasteiger partial charge on any atom is -0.381 e. The average Bonchev–Trinajstić information content (AvgIpc) is 2.03. The third kappa shape index (κ3) is 5.02. The van der Waals surface area contributed by atoms with Crippen LogP contribution < -0.4 is 0 Å². The molecule has 0 aromatic carbocycles. The minimum absolute atomic E-state index is 0.377. The topological polar surface area (TPSA) is 9.23 Å². The molecule has 0 saturated heterocycles. The lowest BCUT2D eigenvalue weighted by molar-refractivity contribution is 0.0843. The normalized spacial score (nSPS) is 15.9. The van der Waals surface area contributed by atoms with E-state index < -0.39 is 0 Å². The van der Waals surface area contributed by atoms with Gasteiger partial charge in [0.25, 0.3) is 0 Å². The van der Waals surface area contributed by atoms with Crippen LogP contribution in [0, 0.1) is 5.92 Å². The molecule has 0 heterocycles. The van der Waals surface area contributed by atoms with E-state index in [0.29, 0.717) is 6.10 Å². The van der Waals surface area contributed by atoms with Crippen LogP contribution in [0.3, 0.4) is 0 Å². The van der Waals surface area contributed by atoms with Gasteiger partial charge >= 0.3 is 0 Å². The van der Waals surface area contributed by atoms with Crippen molar-refractivity contribution in [3.63, 3.8) is 0 Å². The predicted molar refractivity (Wildman–Crippen MR) is 49.7 cm³/mol. The molecule has 0 aliphatic heterocycles. The van der Waals surface area contributed by atoms with Crippen LogP contribution in [0.1, 0.15) is 33.1 Å². The van der Waals surface area contributed by atoms with Crippen molar-refractivity contribution in [3.8, 4) is 0 Å². The second-order valence-electron chi connectivity index (χ2n) is 3.13. The Morgan fingerprint density at radius 1 is 1.55 bits per heavy atom. The van der Waals surface area contributed by atoms with Crippen LogP contribution in [0.4, 0.5) is 0 Å². The van der Waals surface area contributed by atoms with Gasteiger partial charge < -0.3 is 4.74 Å². The van der Waals surface area contributed by atoms with Crippen LogP contribution >= 0.6 is 0 Å². The van der Waals surface area contributed by atoms with E-state index in [0.717, 1.165) is 18.8 Å². The van der Waals surface area contributed by atoms with Gasteiger partial charge in [0.15, 0.2) is 0 Å². The van der Waals surface area contributed by atoms with Crippen molar-refractivity contribution in [3.05, 3.63) is 12.7 Å². The number of hydrogen-bond acceptors (Lipinski definition) is 1. The molecule has 0 N–H and O–H groups in total. The Kier molecular flexibility index (Phi) is 6.24. The molecule has 0 fully saturated rings. The van der Waals surface area contributed by atoms with Gasteiger partial charge in [0.2, 0.25) is 0 Å². The molecule has 0 amide bonds. The molecule has 0 radical (unpaired) electrons. The smallest absolute Gasteiger partial charge is 0.0608 e. The summed E-state index contributed by atoms with van der Waals surface area (Å²) in [6.45, 7) is 8.17. The number of methoxy groups -OCH3 is 1. The van der Waals surface area contributed by atoms with E-state index in [2.05, 4.69) is 20.4 Å². The highest BCUT2D eigenvalue weighted by molar-refractivity contribution is 4.74. The molecular formula is C10H20O. The summed E-state index contributed by atoms with van der Waals surface area (Å²) < 4.78 is 5.29. The third-order valence-electron chi connectivity index (χ3n) is 2.13. The molecule has 0 bridgehead atoms. The Hall–Kier alpha value is -0.300. The summed E-state index contributed by atoms with van der Waals surface area (Å²) in [6.07, 6.45) is 5.66. The first-order valence-corrected chi connectivity index (χ1v) is 4.38. The fourth-order valence-corrected chi connectivity index (χ4v) is 1.09. The molecule has 0 aromatic rings. The van der Waals surface area contributed by atoms with Crippen LogP contribution in [-0.4, -0.2) is 13.2 Å². The largest absolute Gasteiger partial charge is 0.381 e. The fraction of sp³-hybridized carbons (Fsp3) is 0.800. The van der Waals surface area contributed by atoms with E-state index in [9.17, 15) is 0 Å². The Morgan fingerprint density at radius 2 is 2.18 bits per heavy atom. The predicted octanol–water partition coefficient (Wildman–Crippen LogP) is 3.01. The first kappa shape index (κ1) is 10.7. The highest BCUT2D eigenvalue weighted by Gasteiger charge is 2.08. The standard InChI is InChI=1S/C10H20O/c1-5-7-10(11-4)8-9(3)6-2/h5,9-10H,1,6-8H2,2-4H3. The van der Waals surface area contributed by atoms with E-state index >= 15 is 0 Å². The van der Waals surface area contributed by atoms with Crippen molar-refractivity contribution in [2.75, 3.05) is 7.11 Å². The molecule has 0 aliphatic carbocycles. The van der Waals surface area contributed by atoms with Crippen LogP contribution in [0.5, 0.6) is 0 Å². The first-order valence-electron chi connectivity index (χ1n) is 4.38. The highest BCUT2D eigenvalue weighted by Crippen LogP contribution is 2.14. The summed E-state index contributed by atoms with van der Waals surface area (Å²) in [5.41, 5.74) is 0. The number of hydrogen-bond donors (Lipinski definition) is 0.